The van der Waals surface area contributed by atoms with E-state index in [1.807, 2.05) is 17.9 Å². The van der Waals surface area contributed by atoms with Crippen LogP contribution in [0.3, 0.4) is 0 Å². The number of urea groups is 1. The van der Waals surface area contributed by atoms with Gasteiger partial charge in [-0.25, -0.2) is 4.79 Å². The zero-order chi connectivity index (χ0) is 11.5. The number of rotatable bonds is 7. The van der Waals surface area contributed by atoms with Gasteiger partial charge in [0.25, 0.3) is 0 Å². The minimum Gasteiger partial charge on any atom is -0.325 e. The second kappa shape index (κ2) is 9.56. The maximum Gasteiger partial charge on any atom is 0.321 e. The molecule has 3 nitrogen and oxygen atoms in total. The largest absolute Gasteiger partial charge is 0.325 e. The summed E-state index contributed by atoms with van der Waals surface area (Å²) in [5.74, 6) is 0. The average Bonchev–Trinajstić information content (AvgIpc) is 2.26. The van der Waals surface area contributed by atoms with Crippen LogP contribution in [0.4, 0.5) is 4.79 Å². The Morgan fingerprint density at radius 1 is 1.20 bits per heavy atom. The second-order valence-corrected chi connectivity index (χ2v) is 3.64. The lowest BCUT2D eigenvalue weighted by molar-refractivity contribution is 0.199. The van der Waals surface area contributed by atoms with Gasteiger partial charge in [0.2, 0.25) is 0 Å². The minimum atomic E-state index is 0.0231. The van der Waals surface area contributed by atoms with Crippen LogP contribution in [0.1, 0.15) is 46.5 Å². The Morgan fingerprint density at radius 3 is 2.13 bits per heavy atom. The first kappa shape index (κ1) is 14.0. The first-order chi connectivity index (χ1) is 7.26. The Bertz CT molecular complexity index is 182. The van der Waals surface area contributed by atoms with Gasteiger partial charge in [0, 0.05) is 19.3 Å². The monoisotopic (exact) mass is 212 g/mol. The molecular weight excluding hydrogens is 188 g/mol. The highest BCUT2D eigenvalue weighted by Gasteiger charge is 2.09. The van der Waals surface area contributed by atoms with Gasteiger partial charge >= 0.3 is 6.03 Å². The van der Waals surface area contributed by atoms with Crippen LogP contribution >= 0.6 is 0 Å². The standard InChI is InChI=1S/C12H24N2O/c1-4-7-10-14(11-8-5-2)12(15)13-9-6-3/h6,9H,4-5,7-8,10-11H2,1-3H3,(H,13,15)/b9-6+. The maximum absolute atomic E-state index is 11.7. The third kappa shape index (κ3) is 7.00. The molecule has 0 aliphatic heterocycles. The van der Waals surface area contributed by atoms with Crippen molar-refractivity contribution < 1.29 is 4.79 Å². The summed E-state index contributed by atoms with van der Waals surface area (Å²) in [5.41, 5.74) is 0. The molecule has 15 heavy (non-hydrogen) atoms. The van der Waals surface area contributed by atoms with E-state index >= 15 is 0 Å². The molecule has 0 aromatic rings. The van der Waals surface area contributed by atoms with Gasteiger partial charge < -0.3 is 10.2 Å². The van der Waals surface area contributed by atoms with Crippen molar-refractivity contribution in [2.75, 3.05) is 13.1 Å². The summed E-state index contributed by atoms with van der Waals surface area (Å²) < 4.78 is 0. The fraction of sp³-hybridized carbons (Fsp3) is 0.750. The minimum absolute atomic E-state index is 0.0231. The third-order valence-electron chi connectivity index (χ3n) is 2.22. The average molecular weight is 212 g/mol. The van der Waals surface area contributed by atoms with Gasteiger partial charge in [-0.2, -0.15) is 0 Å². The Morgan fingerprint density at radius 2 is 1.73 bits per heavy atom. The van der Waals surface area contributed by atoms with E-state index in [4.69, 9.17) is 0 Å². The van der Waals surface area contributed by atoms with Crippen LogP contribution in [0.2, 0.25) is 0 Å². The Labute approximate surface area is 93.5 Å². The van der Waals surface area contributed by atoms with E-state index in [-0.39, 0.29) is 6.03 Å². The first-order valence-electron chi connectivity index (χ1n) is 5.92. The van der Waals surface area contributed by atoms with Gasteiger partial charge in [-0.15, -0.1) is 0 Å². The molecule has 2 amide bonds. The quantitative estimate of drug-likeness (QED) is 0.691. The predicted octanol–water partition coefficient (Wildman–Crippen LogP) is 3.13. The molecule has 0 aliphatic carbocycles. The number of carbonyl (C=O) groups is 1. The summed E-state index contributed by atoms with van der Waals surface area (Å²) in [6.07, 6.45) is 7.92. The highest BCUT2D eigenvalue weighted by molar-refractivity contribution is 5.75. The van der Waals surface area contributed by atoms with E-state index in [9.17, 15) is 4.79 Å². The lowest BCUT2D eigenvalue weighted by Gasteiger charge is -2.21. The SMILES string of the molecule is C/C=C/NC(=O)N(CCCC)CCCC. The molecule has 0 spiro atoms. The molecule has 0 atom stereocenters. The molecule has 0 aromatic carbocycles. The summed E-state index contributed by atoms with van der Waals surface area (Å²) in [6, 6.07) is 0.0231. The Balaban J connectivity index is 4.01. The zero-order valence-electron chi connectivity index (χ0n) is 10.3. The Hall–Kier alpha value is -0.990. The molecule has 0 saturated heterocycles. The number of hydrogen-bond acceptors (Lipinski definition) is 1. The number of allylic oxidation sites excluding steroid dienone is 1. The lowest BCUT2D eigenvalue weighted by atomic mass is 10.3. The van der Waals surface area contributed by atoms with Crippen molar-refractivity contribution in [2.24, 2.45) is 0 Å². The van der Waals surface area contributed by atoms with Crippen LogP contribution in [0.5, 0.6) is 0 Å². The molecule has 3 heteroatoms. The van der Waals surface area contributed by atoms with Crippen molar-refractivity contribution in [1.29, 1.82) is 0 Å². The van der Waals surface area contributed by atoms with Crippen molar-refractivity contribution in [3.05, 3.63) is 12.3 Å². The van der Waals surface area contributed by atoms with Crippen molar-refractivity contribution in [1.82, 2.24) is 10.2 Å². The summed E-state index contributed by atoms with van der Waals surface area (Å²) in [6.45, 7) is 7.90. The van der Waals surface area contributed by atoms with Crippen LogP contribution in [0.25, 0.3) is 0 Å². The Kier molecular flexibility index (Phi) is 8.93. The van der Waals surface area contributed by atoms with Crippen LogP contribution in [0, 0.1) is 0 Å². The molecule has 0 heterocycles. The molecule has 88 valence electrons. The number of nitrogens with zero attached hydrogens (tertiary/aromatic N) is 1. The highest BCUT2D eigenvalue weighted by Crippen LogP contribution is 1.99. The van der Waals surface area contributed by atoms with Crippen LogP contribution < -0.4 is 5.32 Å². The molecule has 1 N–H and O–H groups in total. The molecule has 0 fully saturated rings. The van der Waals surface area contributed by atoms with Crippen LogP contribution in [-0.2, 0) is 0 Å². The van der Waals surface area contributed by atoms with Crippen LogP contribution in [-0.4, -0.2) is 24.0 Å². The fourth-order valence-corrected chi connectivity index (χ4v) is 1.26. The van der Waals surface area contributed by atoms with Crippen molar-refractivity contribution >= 4 is 6.03 Å². The number of amides is 2. The van der Waals surface area contributed by atoms with Gasteiger partial charge in [-0.3, -0.25) is 0 Å². The molecular formula is C12H24N2O. The van der Waals surface area contributed by atoms with E-state index in [0.29, 0.717) is 0 Å². The smallest absolute Gasteiger partial charge is 0.321 e. The molecule has 0 saturated carbocycles. The van der Waals surface area contributed by atoms with Crippen molar-refractivity contribution in [3.8, 4) is 0 Å². The van der Waals surface area contributed by atoms with Crippen molar-refractivity contribution in [2.45, 2.75) is 46.5 Å². The summed E-state index contributed by atoms with van der Waals surface area (Å²) >= 11 is 0. The summed E-state index contributed by atoms with van der Waals surface area (Å²) in [4.78, 5) is 13.6. The second-order valence-electron chi connectivity index (χ2n) is 3.64. The fourth-order valence-electron chi connectivity index (χ4n) is 1.26. The number of carbonyl (C=O) groups excluding carboxylic acids is 1. The van der Waals surface area contributed by atoms with E-state index in [1.165, 1.54) is 0 Å². The number of hydrogen-bond donors (Lipinski definition) is 1. The maximum atomic E-state index is 11.7. The molecule has 0 rings (SSSR count). The van der Waals surface area contributed by atoms with E-state index in [0.717, 1.165) is 38.8 Å². The molecule has 0 bridgehead atoms. The van der Waals surface area contributed by atoms with Gasteiger partial charge in [0.15, 0.2) is 0 Å². The number of unbranched alkanes of at least 4 members (excludes halogenated alkanes) is 2. The summed E-state index contributed by atoms with van der Waals surface area (Å²) in [5, 5.41) is 2.76. The normalized spacial score (nSPS) is 10.6. The molecule has 0 unspecified atom stereocenters. The first-order valence-corrected chi connectivity index (χ1v) is 5.92. The van der Waals surface area contributed by atoms with Gasteiger partial charge in [0.05, 0.1) is 0 Å². The topological polar surface area (TPSA) is 32.3 Å². The van der Waals surface area contributed by atoms with Gasteiger partial charge in [0.1, 0.15) is 0 Å². The molecule has 0 aliphatic rings. The zero-order valence-corrected chi connectivity index (χ0v) is 10.3. The van der Waals surface area contributed by atoms with Crippen LogP contribution in [0.15, 0.2) is 12.3 Å². The highest BCUT2D eigenvalue weighted by atomic mass is 16.2. The summed E-state index contributed by atoms with van der Waals surface area (Å²) in [7, 11) is 0. The lowest BCUT2D eigenvalue weighted by Crippen LogP contribution is -2.38. The van der Waals surface area contributed by atoms with E-state index in [1.54, 1.807) is 6.20 Å². The van der Waals surface area contributed by atoms with Crippen molar-refractivity contribution in [3.63, 3.8) is 0 Å². The third-order valence-corrected chi connectivity index (χ3v) is 2.22. The molecule has 0 radical (unpaired) electrons. The predicted molar refractivity (Wildman–Crippen MR) is 64.7 cm³/mol. The van der Waals surface area contributed by atoms with Gasteiger partial charge in [-0.05, 0) is 19.8 Å². The van der Waals surface area contributed by atoms with E-state index < -0.39 is 0 Å². The van der Waals surface area contributed by atoms with Gasteiger partial charge in [-0.1, -0.05) is 32.8 Å². The van der Waals surface area contributed by atoms with E-state index in [2.05, 4.69) is 19.2 Å². The molecule has 0 aromatic heterocycles. The number of nitrogens with one attached hydrogen (secondary N) is 1.